The molecule has 0 amide bonds. The van der Waals surface area contributed by atoms with Crippen molar-refractivity contribution in [2.24, 2.45) is 17.1 Å². The molecule has 2 N–H and O–H groups in total. The first-order valence-corrected chi connectivity index (χ1v) is 5.90. The van der Waals surface area contributed by atoms with Crippen LogP contribution < -0.4 is 5.73 Å². The molecule has 0 aromatic heterocycles. The van der Waals surface area contributed by atoms with Crippen molar-refractivity contribution < 1.29 is 0 Å². The van der Waals surface area contributed by atoms with Crippen LogP contribution in [0.15, 0.2) is 0 Å². The van der Waals surface area contributed by atoms with Gasteiger partial charge in [0.15, 0.2) is 0 Å². The van der Waals surface area contributed by atoms with E-state index in [1.807, 2.05) is 0 Å². The highest BCUT2D eigenvalue weighted by Crippen LogP contribution is 2.37. The van der Waals surface area contributed by atoms with Crippen LogP contribution in [-0.2, 0) is 0 Å². The number of nitrogens with two attached hydrogens (primary N) is 1. The third kappa shape index (κ3) is 2.29. The van der Waals surface area contributed by atoms with Crippen molar-refractivity contribution in [3.63, 3.8) is 0 Å². The quantitative estimate of drug-likeness (QED) is 0.730. The Hall–Kier alpha value is -0.0800. The molecule has 0 spiro atoms. The van der Waals surface area contributed by atoms with E-state index >= 15 is 0 Å². The Bertz CT molecular complexity index is 213. The minimum atomic E-state index is 0.201. The summed E-state index contributed by atoms with van der Waals surface area (Å²) >= 11 is 0. The molecule has 2 rings (SSSR count). The first-order valence-electron chi connectivity index (χ1n) is 5.90. The van der Waals surface area contributed by atoms with Gasteiger partial charge >= 0.3 is 0 Å². The summed E-state index contributed by atoms with van der Waals surface area (Å²) in [6.45, 7) is 10.7. The SMILES string of the molecule is CC(C)(C)C1CCN(CC2(N)CC2)C1. The fraction of sp³-hybridized carbons (Fsp3) is 1.00. The number of nitrogens with zero attached hydrogens (tertiary/aromatic N) is 1. The van der Waals surface area contributed by atoms with Gasteiger partial charge in [0.05, 0.1) is 0 Å². The summed E-state index contributed by atoms with van der Waals surface area (Å²) in [5.41, 5.74) is 6.81. The van der Waals surface area contributed by atoms with Gasteiger partial charge in [-0.2, -0.15) is 0 Å². The molecule has 1 heterocycles. The summed E-state index contributed by atoms with van der Waals surface area (Å²) in [4.78, 5) is 2.57. The Labute approximate surface area is 87.8 Å². The fourth-order valence-corrected chi connectivity index (χ4v) is 2.45. The molecule has 2 fully saturated rings. The topological polar surface area (TPSA) is 29.3 Å². The third-order valence-corrected chi connectivity index (χ3v) is 3.93. The van der Waals surface area contributed by atoms with E-state index in [-0.39, 0.29) is 5.54 Å². The Kier molecular flexibility index (Phi) is 2.39. The van der Waals surface area contributed by atoms with E-state index in [2.05, 4.69) is 25.7 Å². The fourth-order valence-electron chi connectivity index (χ4n) is 2.45. The lowest BCUT2D eigenvalue weighted by Gasteiger charge is -2.27. The van der Waals surface area contributed by atoms with Crippen molar-refractivity contribution in [2.45, 2.75) is 45.6 Å². The lowest BCUT2D eigenvalue weighted by Crippen LogP contribution is -2.38. The molecule has 1 atom stereocenters. The first kappa shape index (κ1) is 10.4. The average molecular weight is 196 g/mol. The van der Waals surface area contributed by atoms with Crippen molar-refractivity contribution in [3.05, 3.63) is 0 Å². The Balaban J connectivity index is 1.83. The zero-order valence-corrected chi connectivity index (χ0v) is 9.84. The Morgan fingerprint density at radius 2 is 2.00 bits per heavy atom. The van der Waals surface area contributed by atoms with E-state index in [9.17, 15) is 0 Å². The van der Waals surface area contributed by atoms with Crippen LogP contribution in [0.2, 0.25) is 0 Å². The molecule has 0 bridgehead atoms. The number of hydrogen-bond acceptors (Lipinski definition) is 2. The van der Waals surface area contributed by atoms with Crippen LogP contribution in [0.3, 0.4) is 0 Å². The minimum absolute atomic E-state index is 0.201. The summed E-state index contributed by atoms with van der Waals surface area (Å²) in [5.74, 6) is 0.866. The molecule has 82 valence electrons. The van der Waals surface area contributed by atoms with Gasteiger partial charge in [0, 0.05) is 18.6 Å². The molecular weight excluding hydrogens is 172 g/mol. The second-order valence-electron chi connectivity index (χ2n) is 6.45. The summed E-state index contributed by atoms with van der Waals surface area (Å²) < 4.78 is 0. The van der Waals surface area contributed by atoms with E-state index in [0.29, 0.717) is 5.41 Å². The minimum Gasteiger partial charge on any atom is -0.324 e. The van der Waals surface area contributed by atoms with Gasteiger partial charge in [0.25, 0.3) is 0 Å². The molecule has 1 saturated heterocycles. The van der Waals surface area contributed by atoms with Crippen LogP contribution in [0, 0.1) is 11.3 Å². The zero-order valence-electron chi connectivity index (χ0n) is 9.84. The van der Waals surface area contributed by atoms with Gasteiger partial charge in [-0.3, -0.25) is 0 Å². The molecule has 1 aliphatic carbocycles. The molecule has 2 aliphatic rings. The van der Waals surface area contributed by atoms with Crippen molar-refractivity contribution in [3.8, 4) is 0 Å². The van der Waals surface area contributed by atoms with Gasteiger partial charge in [-0.05, 0) is 37.1 Å². The molecule has 2 nitrogen and oxygen atoms in total. The lowest BCUT2D eigenvalue weighted by atomic mass is 9.80. The summed E-state index contributed by atoms with van der Waals surface area (Å²) in [6.07, 6.45) is 3.84. The van der Waals surface area contributed by atoms with E-state index in [4.69, 9.17) is 5.73 Å². The van der Waals surface area contributed by atoms with E-state index in [1.165, 1.54) is 32.4 Å². The predicted molar refractivity (Wildman–Crippen MR) is 60.2 cm³/mol. The smallest absolute Gasteiger partial charge is 0.0284 e. The van der Waals surface area contributed by atoms with Crippen LogP contribution in [0.25, 0.3) is 0 Å². The maximum absolute atomic E-state index is 6.14. The molecule has 1 aliphatic heterocycles. The normalized spacial score (nSPS) is 32.1. The van der Waals surface area contributed by atoms with Gasteiger partial charge < -0.3 is 10.6 Å². The monoisotopic (exact) mass is 196 g/mol. The maximum Gasteiger partial charge on any atom is 0.0284 e. The van der Waals surface area contributed by atoms with Gasteiger partial charge in [-0.25, -0.2) is 0 Å². The zero-order chi connectivity index (χ0) is 10.4. The van der Waals surface area contributed by atoms with Gasteiger partial charge in [0.2, 0.25) is 0 Å². The molecule has 1 unspecified atom stereocenters. The van der Waals surface area contributed by atoms with Crippen LogP contribution >= 0.6 is 0 Å². The van der Waals surface area contributed by atoms with E-state index in [1.54, 1.807) is 0 Å². The number of rotatable bonds is 2. The standard InChI is InChI=1S/C12H24N2/c1-11(2,3)10-4-7-14(8-10)9-12(13)5-6-12/h10H,4-9,13H2,1-3H3. The lowest BCUT2D eigenvalue weighted by molar-refractivity contribution is 0.222. The molecule has 14 heavy (non-hydrogen) atoms. The van der Waals surface area contributed by atoms with Gasteiger partial charge in [-0.1, -0.05) is 20.8 Å². The Morgan fingerprint density at radius 1 is 1.36 bits per heavy atom. The average Bonchev–Trinajstić information content (AvgIpc) is 2.61. The molecule has 0 aromatic carbocycles. The molecule has 2 heteroatoms. The van der Waals surface area contributed by atoms with Crippen LogP contribution in [-0.4, -0.2) is 30.1 Å². The van der Waals surface area contributed by atoms with E-state index in [0.717, 1.165) is 12.5 Å². The van der Waals surface area contributed by atoms with Gasteiger partial charge in [-0.15, -0.1) is 0 Å². The molecule has 0 aromatic rings. The largest absolute Gasteiger partial charge is 0.324 e. The van der Waals surface area contributed by atoms with Crippen molar-refractivity contribution in [1.29, 1.82) is 0 Å². The predicted octanol–water partition coefficient (Wildman–Crippen LogP) is 1.85. The maximum atomic E-state index is 6.14. The highest BCUT2D eigenvalue weighted by atomic mass is 15.2. The molecular formula is C12H24N2. The second kappa shape index (κ2) is 3.21. The first-order chi connectivity index (χ1) is 6.39. The van der Waals surface area contributed by atoms with Crippen molar-refractivity contribution in [2.75, 3.05) is 19.6 Å². The van der Waals surface area contributed by atoms with Crippen molar-refractivity contribution in [1.82, 2.24) is 4.90 Å². The van der Waals surface area contributed by atoms with E-state index < -0.39 is 0 Å². The van der Waals surface area contributed by atoms with Gasteiger partial charge in [0.1, 0.15) is 0 Å². The highest BCUT2D eigenvalue weighted by Gasteiger charge is 2.42. The van der Waals surface area contributed by atoms with Crippen LogP contribution in [0.1, 0.15) is 40.0 Å². The molecule has 1 saturated carbocycles. The van der Waals surface area contributed by atoms with Crippen LogP contribution in [0.4, 0.5) is 0 Å². The Morgan fingerprint density at radius 3 is 2.43 bits per heavy atom. The summed E-state index contributed by atoms with van der Waals surface area (Å²) in [5, 5.41) is 0. The van der Waals surface area contributed by atoms with Crippen LogP contribution in [0.5, 0.6) is 0 Å². The summed E-state index contributed by atoms with van der Waals surface area (Å²) in [6, 6.07) is 0. The highest BCUT2D eigenvalue weighted by molar-refractivity contribution is 5.02. The number of likely N-dealkylation sites (tertiary alicyclic amines) is 1. The molecule has 0 radical (unpaired) electrons. The van der Waals surface area contributed by atoms with Crippen molar-refractivity contribution >= 4 is 0 Å². The second-order valence-corrected chi connectivity index (χ2v) is 6.45. The third-order valence-electron chi connectivity index (χ3n) is 3.93. The number of hydrogen-bond donors (Lipinski definition) is 1. The summed E-state index contributed by atoms with van der Waals surface area (Å²) in [7, 11) is 0.